The van der Waals surface area contributed by atoms with Gasteiger partial charge >= 0.3 is 0 Å². The molecule has 96 valence electrons. The van der Waals surface area contributed by atoms with Crippen LogP contribution in [0.3, 0.4) is 0 Å². The molecule has 1 heterocycles. The number of nitrogen functional groups attached to an aromatic ring is 1. The molecule has 1 aromatic heterocycles. The van der Waals surface area contributed by atoms with Gasteiger partial charge in [-0.25, -0.2) is 4.39 Å². The van der Waals surface area contributed by atoms with Crippen LogP contribution in [0.1, 0.15) is 5.56 Å². The highest BCUT2D eigenvalue weighted by atomic mass is 19.1. The van der Waals surface area contributed by atoms with Crippen molar-refractivity contribution in [3.63, 3.8) is 0 Å². The average Bonchev–Trinajstić information content (AvgIpc) is 2.77. The van der Waals surface area contributed by atoms with Crippen molar-refractivity contribution in [3.8, 4) is 22.8 Å². The fourth-order valence-corrected chi connectivity index (χ4v) is 1.89. The van der Waals surface area contributed by atoms with Crippen molar-refractivity contribution in [1.82, 2.24) is 10.2 Å². The van der Waals surface area contributed by atoms with Crippen LogP contribution in [0, 0.1) is 12.7 Å². The number of hydrogen-bond donors (Lipinski definition) is 2. The van der Waals surface area contributed by atoms with E-state index in [2.05, 4.69) is 10.2 Å². The smallest absolute Gasteiger partial charge is 0.197 e. The van der Waals surface area contributed by atoms with E-state index in [0.29, 0.717) is 22.8 Å². The van der Waals surface area contributed by atoms with E-state index in [4.69, 9.17) is 15.2 Å². The van der Waals surface area contributed by atoms with Crippen molar-refractivity contribution in [1.29, 1.82) is 0 Å². The molecule has 2 rings (SSSR count). The maximum atomic E-state index is 13.9. The second-order valence-corrected chi connectivity index (χ2v) is 3.80. The Hall–Kier alpha value is -2.24. The van der Waals surface area contributed by atoms with Crippen LogP contribution < -0.4 is 15.2 Å². The second kappa shape index (κ2) is 4.56. The molecule has 0 aliphatic rings. The third-order valence-corrected chi connectivity index (χ3v) is 2.73. The van der Waals surface area contributed by atoms with Gasteiger partial charge in [0.1, 0.15) is 5.82 Å². The van der Waals surface area contributed by atoms with E-state index in [0.717, 1.165) is 5.56 Å². The average molecular weight is 251 g/mol. The molecule has 0 saturated carbocycles. The minimum Gasteiger partial charge on any atom is -0.492 e. The molecule has 18 heavy (non-hydrogen) atoms. The predicted molar refractivity (Wildman–Crippen MR) is 66.2 cm³/mol. The number of hydrogen-bond acceptors (Lipinski definition) is 4. The lowest BCUT2D eigenvalue weighted by Gasteiger charge is -2.14. The van der Waals surface area contributed by atoms with E-state index >= 15 is 0 Å². The van der Waals surface area contributed by atoms with Crippen molar-refractivity contribution in [2.75, 3.05) is 20.0 Å². The van der Waals surface area contributed by atoms with E-state index < -0.39 is 5.82 Å². The second-order valence-electron chi connectivity index (χ2n) is 3.80. The minimum absolute atomic E-state index is 0.0891. The van der Waals surface area contributed by atoms with Crippen LogP contribution >= 0.6 is 0 Å². The quantitative estimate of drug-likeness (QED) is 0.876. The summed E-state index contributed by atoms with van der Waals surface area (Å²) in [5.41, 5.74) is 7.55. The molecule has 6 heteroatoms. The van der Waals surface area contributed by atoms with Crippen LogP contribution in [-0.2, 0) is 0 Å². The number of nitrogens with zero attached hydrogens (tertiary/aromatic N) is 1. The summed E-state index contributed by atoms with van der Waals surface area (Å²) in [5.74, 6) is 0.301. The zero-order valence-corrected chi connectivity index (χ0v) is 10.4. The molecule has 0 amide bonds. The molecule has 0 radical (unpaired) electrons. The first kappa shape index (κ1) is 12.2. The molecule has 0 spiro atoms. The summed E-state index contributed by atoms with van der Waals surface area (Å²) >= 11 is 0. The van der Waals surface area contributed by atoms with Gasteiger partial charge in [-0.1, -0.05) is 0 Å². The Morgan fingerprint density at radius 3 is 2.39 bits per heavy atom. The monoisotopic (exact) mass is 251 g/mol. The first-order valence-corrected chi connectivity index (χ1v) is 5.30. The molecule has 0 saturated heterocycles. The van der Waals surface area contributed by atoms with E-state index in [1.807, 2.05) is 6.92 Å². The number of benzene rings is 1. The van der Waals surface area contributed by atoms with Crippen LogP contribution in [0.15, 0.2) is 12.1 Å². The van der Waals surface area contributed by atoms with Crippen LogP contribution in [0.25, 0.3) is 11.3 Å². The molecule has 0 bridgehead atoms. The fraction of sp³-hybridized carbons (Fsp3) is 0.250. The summed E-state index contributed by atoms with van der Waals surface area (Å²) in [6, 6.07) is 3.00. The van der Waals surface area contributed by atoms with Gasteiger partial charge in [-0.3, -0.25) is 5.10 Å². The van der Waals surface area contributed by atoms with Gasteiger partial charge in [-0.2, -0.15) is 5.10 Å². The van der Waals surface area contributed by atoms with Crippen LogP contribution in [0.2, 0.25) is 0 Å². The van der Waals surface area contributed by atoms with Crippen molar-refractivity contribution in [2.24, 2.45) is 0 Å². The van der Waals surface area contributed by atoms with Gasteiger partial charge in [0.25, 0.3) is 0 Å². The molecule has 3 N–H and O–H groups in total. The van der Waals surface area contributed by atoms with Crippen LogP contribution in [0.5, 0.6) is 11.5 Å². The van der Waals surface area contributed by atoms with Gasteiger partial charge in [0.15, 0.2) is 17.3 Å². The van der Waals surface area contributed by atoms with Gasteiger partial charge in [-0.15, -0.1) is 0 Å². The van der Waals surface area contributed by atoms with Gasteiger partial charge in [0, 0.05) is 17.2 Å². The number of nitrogens with two attached hydrogens (primary N) is 1. The predicted octanol–water partition coefficient (Wildman–Crippen LogP) is 2.12. The topological polar surface area (TPSA) is 73.2 Å². The minimum atomic E-state index is -0.497. The van der Waals surface area contributed by atoms with E-state index in [1.165, 1.54) is 20.3 Å². The maximum Gasteiger partial charge on any atom is 0.197 e. The lowest BCUT2D eigenvalue weighted by molar-refractivity contribution is 0.336. The largest absolute Gasteiger partial charge is 0.492 e. The Bertz CT molecular complexity index is 581. The number of ether oxygens (including phenoxy) is 2. The number of H-pyrrole nitrogens is 1. The summed E-state index contributed by atoms with van der Waals surface area (Å²) < 4.78 is 24.1. The first-order chi connectivity index (χ1) is 8.58. The molecule has 1 aromatic carbocycles. The van der Waals surface area contributed by atoms with E-state index in [-0.39, 0.29) is 5.75 Å². The fourth-order valence-electron chi connectivity index (χ4n) is 1.89. The molecule has 0 atom stereocenters. The Morgan fingerprint density at radius 1 is 1.22 bits per heavy atom. The molecular weight excluding hydrogens is 237 g/mol. The van der Waals surface area contributed by atoms with Crippen molar-refractivity contribution in [2.45, 2.75) is 6.92 Å². The number of aromatic amines is 1. The zero-order valence-electron chi connectivity index (χ0n) is 10.4. The van der Waals surface area contributed by atoms with Gasteiger partial charge < -0.3 is 15.2 Å². The van der Waals surface area contributed by atoms with Crippen molar-refractivity contribution >= 4 is 5.82 Å². The Labute approximate surface area is 104 Å². The highest BCUT2D eigenvalue weighted by Gasteiger charge is 2.18. The lowest BCUT2D eigenvalue weighted by Crippen LogP contribution is -1.98. The Kier molecular flexibility index (Phi) is 3.10. The normalized spacial score (nSPS) is 10.4. The SMILES string of the molecule is COc1c(F)cc(-c2cc(N)n[nH]2)c(C)c1OC. The Balaban J connectivity index is 2.66. The highest BCUT2D eigenvalue weighted by molar-refractivity contribution is 5.71. The number of halogens is 1. The molecule has 0 unspecified atom stereocenters. The first-order valence-electron chi connectivity index (χ1n) is 5.30. The number of anilines is 1. The summed E-state index contributed by atoms with van der Waals surface area (Å²) in [7, 11) is 2.86. The standard InChI is InChI=1S/C12H14FN3O2/c1-6-7(9-5-10(14)16-15-9)4-8(13)12(18-3)11(6)17-2/h4-5H,1-3H3,(H3,14,15,16). The number of methoxy groups -OCH3 is 2. The molecular formula is C12H14FN3O2. The molecule has 5 nitrogen and oxygen atoms in total. The zero-order chi connectivity index (χ0) is 13.3. The highest BCUT2D eigenvalue weighted by Crippen LogP contribution is 2.39. The van der Waals surface area contributed by atoms with Gasteiger partial charge in [0.05, 0.1) is 19.9 Å². The molecule has 2 aromatic rings. The van der Waals surface area contributed by atoms with E-state index in [1.54, 1.807) is 6.07 Å². The van der Waals surface area contributed by atoms with Crippen molar-refractivity contribution in [3.05, 3.63) is 23.5 Å². The third kappa shape index (κ3) is 1.85. The summed E-state index contributed by atoms with van der Waals surface area (Å²) in [6.07, 6.45) is 0. The van der Waals surface area contributed by atoms with Crippen LogP contribution in [-0.4, -0.2) is 24.4 Å². The summed E-state index contributed by atoms with van der Waals surface area (Å²) in [5, 5.41) is 6.56. The molecule has 0 aliphatic heterocycles. The van der Waals surface area contributed by atoms with Gasteiger partial charge in [0.2, 0.25) is 0 Å². The van der Waals surface area contributed by atoms with E-state index in [9.17, 15) is 4.39 Å². The maximum absolute atomic E-state index is 13.9. The lowest BCUT2D eigenvalue weighted by atomic mass is 10.0. The summed E-state index contributed by atoms with van der Waals surface area (Å²) in [4.78, 5) is 0. The number of nitrogens with one attached hydrogen (secondary N) is 1. The van der Waals surface area contributed by atoms with Gasteiger partial charge in [-0.05, 0) is 13.0 Å². The van der Waals surface area contributed by atoms with Crippen molar-refractivity contribution < 1.29 is 13.9 Å². The Morgan fingerprint density at radius 2 is 1.89 bits per heavy atom. The third-order valence-electron chi connectivity index (χ3n) is 2.73. The molecule has 0 aliphatic carbocycles. The number of rotatable bonds is 3. The van der Waals surface area contributed by atoms with Crippen LogP contribution in [0.4, 0.5) is 10.2 Å². The molecule has 0 fully saturated rings. The summed E-state index contributed by atoms with van der Waals surface area (Å²) in [6.45, 7) is 1.81. The number of aromatic nitrogens is 2.